The Labute approximate surface area is 234 Å². The molecule has 1 saturated heterocycles. The molecule has 1 atom stereocenters. The first kappa shape index (κ1) is 26.1. The van der Waals surface area contributed by atoms with Crippen LogP contribution in [0, 0.1) is 23.2 Å². The Morgan fingerprint density at radius 2 is 1.54 bits per heavy atom. The highest BCUT2D eigenvalue weighted by Gasteiger charge is 2.51. The molecule has 0 spiro atoms. The van der Waals surface area contributed by atoms with Crippen molar-refractivity contribution in [2.75, 3.05) is 26.2 Å². The average molecular weight is 520 g/mol. The molecule has 6 rings (SSSR count). The number of ether oxygens (including phenoxy) is 1. The zero-order chi connectivity index (χ0) is 26.7. The van der Waals surface area contributed by atoms with Crippen molar-refractivity contribution in [1.82, 2.24) is 9.80 Å². The minimum absolute atomic E-state index is 0.296. The zero-order valence-electron chi connectivity index (χ0n) is 23.3. The van der Waals surface area contributed by atoms with E-state index < -0.39 is 0 Å². The summed E-state index contributed by atoms with van der Waals surface area (Å²) in [5, 5.41) is 9.10. The molecular weight excluding hydrogens is 478 g/mol. The second-order valence-electron chi connectivity index (χ2n) is 11.9. The second-order valence-corrected chi connectivity index (χ2v) is 11.9. The standard InChI is InChI=1S/C35H41N3O/c1-2-37-24-28-9-3-7-13-33(28)35(26-37,30-11-5-6-12-30)31-19-21-38(22-20-31)25-29-10-4-8-14-34(29)39-32-17-15-27(23-36)16-18-32/h3-4,7-10,13-18,30-31H,2,5-6,11-12,19-22,24-26H2,1H3. The molecule has 1 aliphatic carbocycles. The molecule has 1 saturated carbocycles. The van der Waals surface area contributed by atoms with E-state index in [-0.39, 0.29) is 0 Å². The van der Waals surface area contributed by atoms with Crippen molar-refractivity contribution in [3.8, 4) is 17.6 Å². The monoisotopic (exact) mass is 519 g/mol. The van der Waals surface area contributed by atoms with Gasteiger partial charge >= 0.3 is 0 Å². The van der Waals surface area contributed by atoms with Crippen molar-refractivity contribution in [3.05, 3.63) is 95.1 Å². The van der Waals surface area contributed by atoms with Gasteiger partial charge in [-0.15, -0.1) is 0 Å². The molecule has 0 aromatic heterocycles. The molecule has 2 heterocycles. The third-order valence-electron chi connectivity index (χ3n) is 9.82. The van der Waals surface area contributed by atoms with Crippen molar-refractivity contribution in [2.45, 2.75) is 64.0 Å². The first-order valence-electron chi connectivity index (χ1n) is 15.0. The number of likely N-dealkylation sites (tertiary alicyclic amines) is 1. The molecule has 39 heavy (non-hydrogen) atoms. The Hall–Kier alpha value is -3.13. The van der Waals surface area contributed by atoms with Crippen LogP contribution in [0.15, 0.2) is 72.8 Å². The van der Waals surface area contributed by atoms with E-state index in [0.717, 1.165) is 56.1 Å². The predicted octanol–water partition coefficient (Wildman–Crippen LogP) is 7.53. The van der Waals surface area contributed by atoms with Gasteiger partial charge in [-0.25, -0.2) is 0 Å². The molecule has 3 aromatic rings. The molecule has 2 fully saturated rings. The Bertz CT molecular complexity index is 1300. The molecule has 1 unspecified atom stereocenters. The Kier molecular flexibility index (Phi) is 7.73. The summed E-state index contributed by atoms with van der Waals surface area (Å²) in [6, 6.07) is 27.4. The molecule has 2 aliphatic heterocycles. The summed E-state index contributed by atoms with van der Waals surface area (Å²) in [5.74, 6) is 3.23. The summed E-state index contributed by atoms with van der Waals surface area (Å²) in [6.45, 7) is 9.00. The number of nitriles is 1. The van der Waals surface area contributed by atoms with Gasteiger partial charge in [-0.3, -0.25) is 9.80 Å². The first-order valence-corrected chi connectivity index (χ1v) is 15.0. The molecule has 3 aromatic carbocycles. The van der Waals surface area contributed by atoms with Gasteiger partial charge in [0.15, 0.2) is 0 Å². The predicted molar refractivity (Wildman–Crippen MR) is 157 cm³/mol. The van der Waals surface area contributed by atoms with Crippen molar-refractivity contribution in [2.24, 2.45) is 11.8 Å². The van der Waals surface area contributed by atoms with E-state index in [9.17, 15) is 0 Å². The van der Waals surface area contributed by atoms with Gasteiger partial charge in [0, 0.05) is 30.6 Å². The SMILES string of the molecule is CCN1Cc2ccccc2C(C2CCCC2)(C2CCN(Cc3ccccc3Oc3ccc(C#N)cc3)CC2)C1. The maximum atomic E-state index is 9.10. The number of piperidine rings is 1. The highest BCUT2D eigenvalue weighted by atomic mass is 16.5. The van der Waals surface area contributed by atoms with Crippen LogP contribution in [0.1, 0.15) is 67.7 Å². The van der Waals surface area contributed by atoms with Crippen LogP contribution in [0.4, 0.5) is 0 Å². The minimum Gasteiger partial charge on any atom is -0.457 e. The number of likely N-dealkylation sites (N-methyl/N-ethyl adjacent to an activating group) is 1. The van der Waals surface area contributed by atoms with Gasteiger partial charge in [-0.2, -0.15) is 5.26 Å². The fourth-order valence-electron chi connectivity index (χ4n) is 7.87. The van der Waals surface area contributed by atoms with Crippen LogP contribution in [0.3, 0.4) is 0 Å². The second kappa shape index (κ2) is 11.5. The van der Waals surface area contributed by atoms with E-state index in [1.807, 2.05) is 30.3 Å². The molecule has 0 N–H and O–H groups in total. The summed E-state index contributed by atoms with van der Waals surface area (Å²) in [6.07, 6.45) is 8.12. The Morgan fingerprint density at radius 3 is 2.28 bits per heavy atom. The molecule has 0 bridgehead atoms. The lowest BCUT2D eigenvalue weighted by molar-refractivity contribution is 0.0385. The maximum absolute atomic E-state index is 9.10. The highest BCUT2D eigenvalue weighted by molar-refractivity contribution is 5.41. The maximum Gasteiger partial charge on any atom is 0.131 e. The van der Waals surface area contributed by atoms with Gasteiger partial charge in [0.25, 0.3) is 0 Å². The van der Waals surface area contributed by atoms with Crippen molar-refractivity contribution in [1.29, 1.82) is 5.26 Å². The van der Waals surface area contributed by atoms with Crippen molar-refractivity contribution >= 4 is 0 Å². The van der Waals surface area contributed by atoms with Crippen LogP contribution >= 0.6 is 0 Å². The smallest absolute Gasteiger partial charge is 0.131 e. The Morgan fingerprint density at radius 1 is 0.846 bits per heavy atom. The number of hydrogen-bond acceptors (Lipinski definition) is 4. The van der Waals surface area contributed by atoms with Gasteiger partial charge in [0.2, 0.25) is 0 Å². The number of benzene rings is 3. The van der Waals surface area contributed by atoms with E-state index in [4.69, 9.17) is 10.00 Å². The summed E-state index contributed by atoms with van der Waals surface area (Å²) in [5.41, 5.74) is 5.43. The summed E-state index contributed by atoms with van der Waals surface area (Å²) < 4.78 is 6.27. The van der Waals surface area contributed by atoms with E-state index in [2.05, 4.69) is 65.3 Å². The summed E-state index contributed by atoms with van der Waals surface area (Å²) in [7, 11) is 0. The molecule has 202 valence electrons. The normalized spacial score (nSPS) is 22.9. The van der Waals surface area contributed by atoms with Crippen LogP contribution in [0.25, 0.3) is 0 Å². The van der Waals surface area contributed by atoms with Gasteiger partial charge in [-0.05, 0) is 98.6 Å². The van der Waals surface area contributed by atoms with E-state index in [0.29, 0.717) is 11.0 Å². The zero-order valence-corrected chi connectivity index (χ0v) is 23.3. The number of para-hydroxylation sites is 1. The fraction of sp³-hybridized carbons (Fsp3) is 0.457. The van der Waals surface area contributed by atoms with Gasteiger partial charge in [0.05, 0.1) is 11.6 Å². The van der Waals surface area contributed by atoms with Crippen molar-refractivity contribution in [3.63, 3.8) is 0 Å². The van der Waals surface area contributed by atoms with Crippen molar-refractivity contribution < 1.29 is 4.74 Å². The van der Waals surface area contributed by atoms with Gasteiger partial charge in [0.1, 0.15) is 11.5 Å². The van der Waals surface area contributed by atoms with Gasteiger partial charge in [-0.1, -0.05) is 62.2 Å². The lowest BCUT2D eigenvalue weighted by atomic mass is 9.57. The number of nitrogens with zero attached hydrogens (tertiary/aromatic N) is 3. The molecule has 0 amide bonds. The quantitative estimate of drug-likeness (QED) is 0.323. The summed E-state index contributed by atoms with van der Waals surface area (Å²) in [4.78, 5) is 5.36. The lowest BCUT2D eigenvalue weighted by Crippen LogP contribution is -2.56. The molecular formula is C35H41N3O. The third kappa shape index (κ3) is 5.23. The number of hydrogen-bond donors (Lipinski definition) is 0. The van der Waals surface area contributed by atoms with E-state index in [1.165, 1.54) is 50.6 Å². The van der Waals surface area contributed by atoms with Gasteiger partial charge < -0.3 is 4.74 Å². The largest absolute Gasteiger partial charge is 0.457 e. The van der Waals surface area contributed by atoms with E-state index in [1.54, 1.807) is 11.1 Å². The minimum atomic E-state index is 0.296. The average Bonchev–Trinajstić information content (AvgIpc) is 3.54. The third-order valence-corrected chi connectivity index (χ3v) is 9.82. The lowest BCUT2D eigenvalue weighted by Gasteiger charge is -2.54. The number of fused-ring (bicyclic) bond motifs is 1. The highest BCUT2D eigenvalue weighted by Crippen LogP contribution is 2.53. The summed E-state index contributed by atoms with van der Waals surface area (Å²) >= 11 is 0. The van der Waals surface area contributed by atoms with E-state index >= 15 is 0 Å². The topological polar surface area (TPSA) is 39.5 Å². The van der Waals surface area contributed by atoms with Crippen LogP contribution in [0.2, 0.25) is 0 Å². The van der Waals surface area contributed by atoms with Crippen LogP contribution in [-0.4, -0.2) is 36.0 Å². The fourth-order valence-corrected chi connectivity index (χ4v) is 7.87. The number of rotatable bonds is 7. The molecule has 0 radical (unpaired) electrons. The molecule has 3 aliphatic rings. The van der Waals surface area contributed by atoms with Crippen LogP contribution in [-0.2, 0) is 18.5 Å². The first-order chi connectivity index (χ1) is 19.2. The van der Waals surface area contributed by atoms with Crippen LogP contribution in [0.5, 0.6) is 11.5 Å². The Balaban J connectivity index is 1.19. The molecule has 4 nitrogen and oxygen atoms in total. The molecule has 4 heteroatoms. The van der Waals surface area contributed by atoms with Crippen LogP contribution < -0.4 is 4.74 Å².